The minimum Gasteiger partial charge on any atom is -0.486 e. The van der Waals surface area contributed by atoms with Crippen LogP contribution in [0, 0.1) is 0 Å². The molecule has 22 heavy (non-hydrogen) atoms. The van der Waals surface area contributed by atoms with E-state index in [9.17, 15) is 5.11 Å². The summed E-state index contributed by atoms with van der Waals surface area (Å²) in [4.78, 5) is 4.34. The largest absolute Gasteiger partial charge is 0.486 e. The van der Waals surface area contributed by atoms with Crippen LogP contribution in [0.2, 0.25) is 0 Å². The summed E-state index contributed by atoms with van der Waals surface area (Å²) in [6, 6.07) is 13.4. The highest BCUT2D eigenvalue weighted by molar-refractivity contribution is 5.74. The molecule has 0 aliphatic carbocycles. The fourth-order valence-corrected chi connectivity index (χ4v) is 2.71. The number of rotatable bonds is 3. The molecule has 2 aromatic carbocycles. The van der Waals surface area contributed by atoms with E-state index in [0.717, 1.165) is 22.3 Å². The lowest BCUT2D eigenvalue weighted by Crippen LogP contribution is -2.16. The van der Waals surface area contributed by atoms with Crippen LogP contribution in [0.25, 0.3) is 11.0 Å². The van der Waals surface area contributed by atoms with Gasteiger partial charge in [0.25, 0.3) is 0 Å². The van der Waals surface area contributed by atoms with Crippen LogP contribution in [0.15, 0.2) is 48.8 Å². The first kappa shape index (κ1) is 13.2. The molecule has 5 nitrogen and oxygen atoms in total. The third kappa shape index (κ3) is 2.29. The van der Waals surface area contributed by atoms with Crippen LogP contribution >= 0.6 is 0 Å². The Balaban J connectivity index is 1.60. The molecule has 3 aromatic rings. The van der Waals surface area contributed by atoms with Gasteiger partial charge < -0.3 is 19.1 Å². The van der Waals surface area contributed by atoms with E-state index in [2.05, 4.69) is 4.98 Å². The highest BCUT2D eigenvalue weighted by atomic mass is 16.6. The molecule has 2 heterocycles. The average Bonchev–Trinajstić information content (AvgIpc) is 2.97. The molecule has 4 rings (SSSR count). The minimum atomic E-state index is -0.631. The first-order valence-electron chi connectivity index (χ1n) is 7.29. The molecule has 112 valence electrons. The molecule has 1 N–H and O–H groups in total. The third-order valence-electron chi connectivity index (χ3n) is 3.85. The molecule has 0 unspecified atom stereocenters. The van der Waals surface area contributed by atoms with Crippen LogP contribution in [-0.2, 0) is 6.54 Å². The van der Waals surface area contributed by atoms with E-state index in [1.807, 2.05) is 47.0 Å². The number of fused-ring (bicyclic) bond motifs is 2. The van der Waals surface area contributed by atoms with E-state index in [-0.39, 0.29) is 0 Å². The van der Waals surface area contributed by atoms with Crippen LogP contribution in [0.1, 0.15) is 11.7 Å². The van der Waals surface area contributed by atoms with Crippen molar-refractivity contribution in [1.82, 2.24) is 9.55 Å². The second-order valence-electron chi connectivity index (χ2n) is 5.30. The van der Waals surface area contributed by atoms with Gasteiger partial charge in [-0.15, -0.1) is 0 Å². The number of hydrogen-bond acceptors (Lipinski definition) is 4. The van der Waals surface area contributed by atoms with E-state index in [1.165, 1.54) is 0 Å². The molecule has 1 aromatic heterocycles. The standard InChI is InChI=1S/C17H16N2O3/c20-15(10-19-11-18-13-3-1-2-4-14(13)19)12-5-6-16-17(9-12)22-8-7-21-16/h1-6,9,11,15,20H,7-8,10H2/t15-/m1/s1. The summed E-state index contributed by atoms with van der Waals surface area (Å²) < 4.78 is 13.0. The van der Waals surface area contributed by atoms with Crippen LogP contribution in [0.3, 0.4) is 0 Å². The number of para-hydroxylation sites is 2. The normalized spacial score (nSPS) is 15.0. The van der Waals surface area contributed by atoms with Crippen molar-refractivity contribution in [2.75, 3.05) is 13.2 Å². The number of hydrogen-bond donors (Lipinski definition) is 1. The van der Waals surface area contributed by atoms with Gasteiger partial charge in [-0.2, -0.15) is 0 Å². The van der Waals surface area contributed by atoms with Gasteiger partial charge in [0.05, 0.1) is 30.0 Å². The van der Waals surface area contributed by atoms with Gasteiger partial charge in [0, 0.05) is 0 Å². The molecule has 0 radical (unpaired) electrons. The van der Waals surface area contributed by atoms with Gasteiger partial charge >= 0.3 is 0 Å². The smallest absolute Gasteiger partial charge is 0.161 e. The maximum Gasteiger partial charge on any atom is 0.161 e. The van der Waals surface area contributed by atoms with Gasteiger partial charge in [-0.3, -0.25) is 0 Å². The Morgan fingerprint density at radius 1 is 1.09 bits per heavy atom. The van der Waals surface area contributed by atoms with E-state index < -0.39 is 6.10 Å². The van der Waals surface area contributed by atoms with Crippen molar-refractivity contribution in [3.63, 3.8) is 0 Å². The van der Waals surface area contributed by atoms with Crippen molar-refractivity contribution in [3.8, 4) is 11.5 Å². The number of aliphatic hydroxyl groups is 1. The summed E-state index contributed by atoms with van der Waals surface area (Å²) in [5.74, 6) is 1.42. The Morgan fingerprint density at radius 2 is 1.91 bits per heavy atom. The maximum absolute atomic E-state index is 10.5. The van der Waals surface area contributed by atoms with Crippen molar-refractivity contribution in [2.24, 2.45) is 0 Å². The predicted molar refractivity (Wildman–Crippen MR) is 82.1 cm³/mol. The van der Waals surface area contributed by atoms with Crippen molar-refractivity contribution >= 4 is 11.0 Å². The molecule has 5 heteroatoms. The number of nitrogens with zero attached hydrogens (tertiary/aromatic N) is 2. The number of imidazole rings is 1. The summed E-state index contributed by atoms with van der Waals surface area (Å²) in [7, 11) is 0. The van der Waals surface area contributed by atoms with Gasteiger partial charge in [0.1, 0.15) is 13.2 Å². The first-order valence-corrected chi connectivity index (χ1v) is 7.29. The van der Waals surface area contributed by atoms with Crippen LogP contribution in [-0.4, -0.2) is 27.9 Å². The lowest BCUT2D eigenvalue weighted by Gasteiger charge is -2.20. The maximum atomic E-state index is 10.5. The van der Waals surface area contributed by atoms with Gasteiger partial charge in [-0.1, -0.05) is 18.2 Å². The average molecular weight is 296 g/mol. The fraction of sp³-hybridized carbons (Fsp3) is 0.235. The molecule has 0 saturated carbocycles. The van der Waals surface area contributed by atoms with Gasteiger partial charge in [0.15, 0.2) is 11.5 Å². The molecule has 0 spiro atoms. The van der Waals surface area contributed by atoms with E-state index in [1.54, 1.807) is 6.33 Å². The van der Waals surface area contributed by atoms with Crippen LogP contribution in [0.4, 0.5) is 0 Å². The first-order chi connectivity index (χ1) is 10.8. The van der Waals surface area contributed by atoms with Gasteiger partial charge in [-0.05, 0) is 29.8 Å². The Kier molecular flexibility index (Phi) is 3.20. The zero-order valence-corrected chi connectivity index (χ0v) is 12.0. The summed E-state index contributed by atoms with van der Waals surface area (Å²) in [6.07, 6.45) is 1.12. The van der Waals surface area contributed by atoms with E-state index in [4.69, 9.17) is 9.47 Å². The van der Waals surface area contributed by atoms with Crippen molar-refractivity contribution in [3.05, 3.63) is 54.4 Å². The number of aromatic nitrogens is 2. The summed E-state index contributed by atoms with van der Waals surface area (Å²) in [5, 5.41) is 10.5. The molecular formula is C17H16N2O3. The number of ether oxygens (including phenoxy) is 2. The molecule has 0 amide bonds. The lowest BCUT2D eigenvalue weighted by molar-refractivity contribution is 0.153. The van der Waals surface area contributed by atoms with Crippen molar-refractivity contribution < 1.29 is 14.6 Å². The SMILES string of the molecule is O[C@H](Cn1cnc2ccccc21)c1ccc2c(c1)OCCO2. The van der Waals surface area contributed by atoms with Crippen molar-refractivity contribution in [1.29, 1.82) is 0 Å². The monoisotopic (exact) mass is 296 g/mol. The lowest BCUT2D eigenvalue weighted by atomic mass is 10.1. The topological polar surface area (TPSA) is 56.5 Å². The minimum absolute atomic E-state index is 0.445. The second kappa shape index (κ2) is 5.35. The molecule has 1 aliphatic rings. The van der Waals surface area contributed by atoms with E-state index in [0.29, 0.717) is 25.5 Å². The van der Waals surface area contributed by atoms with Gasteiger partial charge in [-0.25, -0.2) is 4.98 Å². The quantitative estimate of drug-likeness (QED) is 0.807. The predicted octanol–water partition coefficient (Wildman–Crippen LogP) is 2.54. The fourth-order valence-electron chi connectivity index (χ4n) is 2.71. The van der Waals surface area contributed by atoms with Crippen LogP contribution < -0.4 is 9.47 Å². The Hall–Kier alpha value is -2.53. The Bertz CT molecular complexity index is 813. The highest BCUT2D eigenvalue weighted by Gasteiger charge is 2.16. The molecule has 0 bridgehead atoms. The molecule has 0 fully saturated rings. The number of aliphatic hydroxyl groups excluding tert-OH is 1. The summed E-state index contributed by atoms with van der Waals surface area (Å²) in [5.41, 5.74) is 2.75. The Labute approximate surface area is 127 Å². The summed E-state index contributed by atoms with van der Waals surface area (Å²) >= 11 is 0. The Morgan fingerprint density at radius 3 is 2.82 bits per heavy atom. The highest BCUT2D eigenvalue weighted by Crippen LogP contribution is 2.33. The van der Waals surface area contributed by atoms with E-state index >= 15 is 0 Å². The molecule has 1 atom stereocenters. The molecule has 1 aliphatic heterocycles. The molecule has 0 saturated heterocycles. The van der Waals surface area contributed by atoms with Crippen molar-refractivity contribution in [2.45, 2.75) is 12.6 Å². The number of benzene rings is 2. The molecular weight excluding hydrogens is 280 g/mol. The third-order valence-corrected chi connectivity index (χ3v) is 3.85. The zero-order valence-electron chi connectivity index (χ0n) is 12.0. The zero-order chi connectivity index (χ0) is 14.9. The second-order valence-corrected chi connectivity index (χ2v) is 5.30. The van der Waals surface area contributed by atoms with Gasteiger partial charge in [0.2, 0.25) is 0 Å². The summed E-state index contributed by atoms with van der Waals surface area (Å²) in [6.45, 7) is 1.55. The van der Waals surface area contributed by atoms with Crippen LogP contribution in [0.5, 0.6) is 11.5 Å².